The van der Waals surface area contributed by atoms with E-state index in [1.165, 1.54) is 36.0 Å². The highest BCUT2D eigenvalue weighted by Crippen LogP contribution is 2.14. The first-order valence-electron chi connectivity index (χ1n) is 9.07. The molecule has 0 saturated heterocycles. The molecule has 3 aromatic carbocycles. The van der Waals surface area contributed by atoms with E-state index in [4.69, 9.17) is 9.47 Å². The molecule has 3 aromatic rings. The molecule has 0 aliphatic heterocycles. The predicted octanol–water partition coefficient (Wildman–Crippen LogP) is 4.24. The number of halogens is 1. The van der Waals surface area contributed by atoms with Gasteiger partial charge in [-0.2, -0.15) is 5.10 Å². The van der Waals surface area contributed by atoms with Crippen molar-refractivity contribution in [1.29, 1.82) is 0 Å². The Morgan fingerprint density at radius 3 is 2.24 bits per heavy atom. The summed E-state index contributed by atoms with van der Waals surface area (Å²) in [6.45, 7) is 2.33. The van der Waals surface area contributed by atoms with Crippen molar-refractivity contribution in [2.24, 2.45) is 5.10 Å². The Morgan fingerprint density at radius 1 is 0.931 bits per heavy atom. The third kappa shape index (κ3) is 6.77. The van der Waals surface area contributed by atoms with Crippen molar-refractivity contribution in [2.45, 2.75) is 13.5 Å². The average molecular weight is 392 g/mol. The van der Waals surface area contributed by atoms with Gasteiger partial charge in [0.15, 0.2) is 6.61 Å². The minimum absolute atomic E-state index is 0.214. The molecule has 0 bridgehead atoms. The second-order valence-corrected chi connectivity index (χ2v) is 6.38. The first-order valence-corrected chi connectivity index (χ1v) is 9.07. The lowest BCUT2D eigenvalue weighted by Crippen LogP contribution is -2.24. The second-order valence-electron chi connectivity index (χ2n) is 6.38. The maximum atomic E-state index is 12.8. The molecule has 3 rings (SSSR count). The summed E-state index contributed by atoms with van der Waals surface area (Å²) >= 11 is 0. The normalized spacial score (nSPS) is 10.7. The lowest BCUT2D eigenvalue weighted by Gasteiger charge is -2.07. The average Bonchev–Trinajstić information content (AvgIpc) is 2.74. The molecule has 1 amide bonds. The number of rotatable bonds is 8. The van der Waals surface area contributed by atoms with Gasteiger partial charge in [0.1, 0.15) is 23.9 Å². The fourth-order valence-electron chi connectivity index (χ4n) is 2.39. The van der Waals surface area contributed by atoms with E-state index in [1.54, 1.807) is 0 Å². The lowest BCUT2D eigenvalue weighted by molar-refractivity contribution is -0.123. The number of hydrogen-bond donors (Lipinski definition) is 1. The van der Waals surface area contributed by atoms with Crippen LogP contribution in [0, 0.1) is 12.7 Å². The molecule has 0 heterocycles. The van der Waals surface area contributed by atoms with Crippen molar-refractivity contribution in [2.75, 3.05) is 6.61 Å². The third-order valence-corrected chi connectivity index (χ3v) is 3.99. The van der Waals surface area contributed by atoms with Gasteiger partial charge in [-0.25, -0.2) is 9.82 Å². The van der Waals surface area contributed by atoms with E-state index >= 15 is 0 Å². The number of carbonyl (C=O) groups is 1. The van der Waals surface area contributed by atoms with E-state index in [9.17, 15) is 9.18 Å². The van der Waals surface area contributed by atoms with Crippen molar-refractivity contribution in [1.82, 2.24) is 5.43 Å². The van der Waals surface area contributed by atoms with Crippen LogP contribution in [0.3, 0.4) is 0 Å². The molecular weight excluding hydrogens is 371 g/mol. The second kappa shape index (κ2) is 10.0. The standard InChI is InChI=1S/C23H21FN2O3/c1-17-2-4-19(5-3-17)15-28-21-10-6-18(7-11-21)14-25-26-23(27)16-29-22-12-8-20(24)9-13-22/h2-14H,15-16H2,1H3,(H,26,27)/b25-14-. The molecule has 6 heteroatoms. The molecule has 1 N–H and O–H groups in total. The minimum atomic E-state index is -0.413. The number of carbonyl (C=O) groups excluding carboxylic acids is 1. The highest BCUT2D eigenvalue weighted by molar-refractivity contribution is 5.83. The Hall–Kier alpha value is -3.67. The Morgan fingerprint density at radius 2 is 1.55 bits per heavy atom. The van der Waals surface area contributed by atoms with Gasteiger partial charge >= 0.3 is 0 Å². The number of amides is 1. The topological polar surface area (TPSA) is 59.9 Å². The fourth-order valence-corrected chi connectivity index (χ4v) is 2.39. The van der Waals surface area contributed by atoms with Crippen molar-refractivity contribution in [3.8, 4) is 11.5 Å². The highest BCUT2D eigenvalue weighted by atomic mass is 19.1. The zero-order valence-corrected chi connectivity index (χ0v) is 16.0. The van der Waals surface area contributed by atoms with E-state index in [2.05, 4.69) is 22.7 Å². The molecule has 0 unspecified atom stereocenters. The molecular formula is C23H21FN2O3. The smallest absolute Gasteiger partial charge is 0.277 e. The fraction of sp³-hybridized carbons (Fsp3) is 0.130. The summed E-state index contributed by atoms with van der Waals surface area (Å²) in [4.78, 5) is 11.7. The van der Waals surface area contributed by atoms with Gasteiger partial charge in [-0.1, -0.05) is 29.8 Å². The van der Waals surface area contributed by atoms with Crippen LogP contribution in [0.25, 0.3) is 0 Å². The number of benzene rings is 3. The van der Waals surface area contributed by atoms with Crippen LogP contribution >= 0.6 is 0 Å². The zero-order valence-electron chi connectivity index (χ0n) is 16.0. The maximum Gasteiger partial charge on any atom is 0.277 e. The Bertz CT molecular complexity index is 953. The first-order chi connectivity index (χ1) is 14.1. The number of aryl methyl sites for hydroxylation is 1. The molecule has 0 atom stereocenters. The summed E-state index contributed by atoms with van der Waals surface area (Å²) < 4.78 is 23.8. The summed E-state index contributed by atoms with van der Waals surface area (Å²) in [5, 5.41) is 3.89. The van der Waals surface area contributed by atoms with Crippen LogP contribution in [0.1, 0.15) is 16.7 Å². The quantitative estimate of drug-likeness (QED) is 0.461. The molecule has 0 spiro atoms. The number of hydrogen-bond acceptors (Lipinski definition) is 4. The van der Waals surface area contributed by atoms with Crippen LogP contribution in [-0.4, -0.2) is 18.7 Å². The molecule has 0 aromatic heterocycles. The number of ether oxygens (including phenoxy) is 2. The largest absolute Gasteiger partial charge is 0.489 e. The number of nitrogens with zero attached hydrogens (tertiary/aromatic N) is 1. The van der Waals surface area contributed by atoms with Crippen LogP contribution in [0.2, 0.25) is 0 Å². The molecule has 0 fully saturated rings. The van der Waals surface area contributed by atoms with Crippen LogP contribution in [0.5, 0.6) is 11.5 Å². The van der Waals surface area contributed by atoms with Gasteiger partial charge in [0, 0.05) is 0 Å². The SMILES string of the molecule is Cc1ccc(COc2ccc(/C=N\NC(=O)COc3ccc(F)cc3)cc2)cc1. The van der Waals surface area contributed by atoms with E-state index in [0.717, 1.165) is 16.9 Å². The van der Waals surface area contributed by atoms with Gasteiger partial charge in [-0.15, -0.1) is 0 Å². The molecule has 0 radical (unpaired) electrons. The van der Waals surface area contributed by atoms with E-state index in [1.807, 2.05) is 43.3 Å². The summed E-state index contributed by atoms with van der Waals surface area (Å²) in [6, 6.07) is 21.0. The molecule has 0 aliphatic rings. The Kier molecular flexibility index (Phi) is 6.95. The summed E-state index contributed by atoms with van der Waals surface area (Å²) in [6.07, 6.45) is 1.53. The Balaban J connectivity index is 1.41. The van der Waals surface area contributed by atoms with Crippen LogP contribution in [0.4, 0.5) is 4.39 Å². The Labute approximate surface area is 168 Å². The van der Waals surface area contributed by atoms with Gasteiger partial charge < -0.3 is 9.47 Å². The highest BCUT2D eigenvalue weighted by Gasteiger charge is 2.02. The summed E-state index contributed by atoms with van der Waals surface area (Å²) in [7, 11) is 0. The lowest BCUT2D eigenvalue weighted by atomic mass is 10.2. The van der Waals surface area contributed by atoms with Crippen molar-refractivity contribution in [3.63, 3.8) is 0 Å². The molecule has 0 aliphatic carbocycles. The van der Waals surface area contributed by atoms with Gasteiger partial charge in [0.2, 0.25) is 0 Å². The predicted molar refractivity (Wildman–Crippen MR) is 110 cm³/mol. The number of hydrazone groups is 1. The molecule has 29 heavy (non-hydrogen) atoms. The number of nitrogens with one attached hydrogen (secondary N) is 1. The van der Waals surface area contributed by atoms with Crippen molar-refractivity contribution in [3.05, 3.63) is 95.3 Å². The van der Waals surface area contributed by atoms with Gasteiger partial charge in [0.25, 0.3) is 5.91 Å². The maximum absolute atomic E-state index is 12.8. The summed E-state index contributed by atoms with van der Waals surface area (Å²) in [5.41, 5.74) is 5.51. The molecule has 5 nitrogen and oxygen atoms in total. The molecule has 0 saturated carbocycles. The van der Waals surface area contributed by atoms with Crippen molar-refractivity contribution >= 4 is 12.1 Å². The summed E-state index contributed by atoms with van der Waals surface area (Å²) in [5.74, 6) is 0.382. The van der Waals surface area contributed by atoms with Gasteiger partial charge in [0.05, 0.1) is 6.21 Å². The van der Waals surface area contributed by atoms with E-state index in [0.29, 0.717) is 12.4 Å². The molecule has 148 valence electrons. The van der Waals surface area contributed by atoms with Gasteiger partial charge in [-0.05, 0) is 66.6 Å². The minimum Gasteiger partial charge on any atom is -0.489 e. The van der Waals surface area contributed by atoms with Crippen molar-refractivity contribution < 1.29 is 18.7 Å². The van der Waals surface area contributed by atoms with Crippen LogP contribution in [-0.2, 0) is 11.4 Å². The van der Waals surface area contributed by atoms with Crippen LogP contribution in [0.15, 0.2) is 77.9 Å². The third-order valence-electron chi connectivity index (χ3n) is 3.99. The monoisotopic (exact) mass is 392 g/mol. The zero-order chi connectivity index (χ0) is 20.5. The van der Waals surface area contributed by atoms with E-state index in [-0.39, 0.29) is 12.4 Å². The van der Waals surface area contributed by atoms with Gasteiger partial charge in [-0.3, -0.25) is 4.79 Å². The van der Waals surface area contributed by atoms with Crippen LogP contribution < -0.4 is 14.9 Å². The first kappa shape index (κ1) is 20.1. The van der Waals surface area contributed by atoms with E-state index < -0.39 is 5.91 Å².